The Balaban J connectivity index is 2.68. The number of hydrogen-bond acceptors (Lipinski definition) is 3. The highest BCUT2D eigenvalue weighted by Gasteiger charge is 2.14. The lowest BCUT2D eigenvalue weighted by Gasteiger charge is -2.06. The zero-order valence-corrected chi connectivity index (χ0v) is 10.7. The van der Waals surface area contributed by atoms with Gasteiger partial charge in [-0.1, -0.05) is 22.0 Å². The van der Waals surface area contributed by atoms with Crippen LogP contribution in [0.3, 0.4) is 0 Å². The van der Waals surface area contributed by atoms with Gasteiger partial charge in [0.2, 0.25) is 0 Å². The van der Waals surface area contributed by atoms with Gasteiger partial charge in [-0.25, -0.2) is 0 Å². The summed E-state index contributed by atoms with van der Waals surface area (Å²) < 4.78 is 5.42. The van der Waals surface area contributed by atoms with Crippen molar-refractivity contribution in [3.05, 3.63) is 33.9 Å². The number of nitro benzene ring substituents is 1. The summed E-state index contributed by atoms with van der Waals surface area (Å²) in [5, 5.41) is 11.7. The van der Waals surface area contributed by atoms with E-state index in [0.29, 0.717) is 12.4 Å². The molecular weight excluding hydrogens is 274 g/mol. The number of nitro groups is 1. The molecule has 0 heterocycles. The molecule has 16 heavy (non-hydrogen) atoms. The number of nitrogens with zero attached hydrogens (tertiary/aromatic N) is 1. The molecule has 5 heteroatoms. The molecule has 0 radical (unpaired) electrons. The van der Waals surface area contributed by atoms with Gasteiger partial charge < -0.3 is 4.74 Å². The Morgan fingerprint density at radius 1 is 1.44 bits per heavy atom. The third kappa shape index (κ3) is 3.81. The lowest BCUT2D eigenvalue weighted by molar-refractivity contribution is -0.385. The molecule has 0 saturated heterocycles. The van der Waals surface area contributed by atoms with Crippen molar-refractivity contribution >= 4 is 21.6 Å². The van der Waals surface area contributed by atoms with Crippen LogP contribution in [0.15, 0.2) is 18.2 Å². The summed E-state index contributed by atoms with van der Waals surface area (Å²) in [6.45, 7) is 2.39. The Kier molecular flexibility index (Phi) is 5.25. The quantitative estimate of drug-likeness (QED) is 0.348. The summed E-state index contributed by atoms with van der Waals surface area (Å²) in [7, 11) is 0. The van der Waals surface area contributed by atoms with Crippen molar-refractivity contribution in [2.24, 2.45) is 0 Å². The fourth-order valence-corrected chi connectivity index (χ4v) is 1.66. The highest BCUT2D eigenvalue weighted by atomic mass is 79.9. The lowest BCUT2D eigenvalue weighted by Crippen LogP contribution is -2.01. The fourth-order valence-electron chi connectivity index (χ4n) is 1.27. The van der Waals surface area contributed by atoms with E-state index >= 15 is 0 Å². The largest absolute Gasteiger partial charge is 0.487 e. The summed E-state index contributed by atoms with van der Waals surface area (Å²) in [4.78, 5) is 10.3. The molecule has 0 bridgehead atoms. The van der Waals surface area contributed by atoms with E-state index in [-0.39, 0.29) is 5.69 Å². The Bertz CT molecular complexity index is 368. The topological polar surface area (TPSA) is 52.4 Å². The molecule has 0 saturated carbocycles. The Morgan fingerprint density at radius 3 is 2.81 bits per heavy atom. The van der Waals surface area contributed by atoms with Gasteiger partial charge in [0.25, 0.3) is 0 Å². The summed E-state index contributed by atoms with van der Waals surface area (Å²) >= 11 is 3.32. The van der Waals surface area contributed by atoms with Gasteiger partial charge in [0.15, 0.2) is 5.75 Å². The lowest BCUT2D eigenvalue weighted by atomic mass is 10.2. The van der Waals surface area contributed by atoms with Crippen LogP contribution >= 0.6 is 15.9 Å². The average molecular weight is 288 g/mol. The maximum Gasteiger partial charge on any atom is 0.310 e. The van der Waals surface area contributed by atoms with Gasteiger partial charge in [-0.3, -0.25) is 10.1 Å². The number of aryl methyl sites for hydroxylation is 1. The first-order chi connectivity index (χ1) is 7.65. The van der Waals surface area contributed by atoms with E-state index in [1.165, 1.54) is 6.07 Å². The summed E-state index contributed by atoms with van der Waals surface area (Å²) in [5.41, 5.74) is 0.991. The predicted octanol–water partition coefficient (Wildman–Crippen LogP) is 3.46. The first-order valence-electron chi connectivity index (χ1n) is 5.09. The minimum absolute atomic E-state index is 0.0319. The van der Waals surface area contributed by atoms with Gasteiger partial charge in [-0.2, -0.15) is 0 Å². The van der Waals surface area contributed by atoms with E-state index in [1.807, 2.05) is 6.92 Å². The molecule has 0 N–H and O–H groups in total. The summed E-state index contributed by atoms with van der Waals surface area (Å²) in [6, 6.07) is 4.89. The van der Waals surface area contributed by atoms with Crippen LogP contribution in [-0.2, 0) is 0 Å². The Hall–Kier alpha value is -1.10. The third-order valence-electron chi connectivity index (χ3n) is 2.10. The van der Waals surface area contributed by atoms with E-state index in [1.54, 1.807) is 12.1 Å². The highest BCUT2D eigenvalue weighted by molar-refractivity contribution is 9.09. The number of hydrogen-bond donors (Lipinski definition) is 0. The minimum Gasteiger partial charge on any atom is -0.487 e. The van der Waals surface area contributed by atoms with Crippen molar-refractivity contribution in [1.82, 2.24) is 0 Å². The molecule has 0 aliphatic heterocycles. The average Bonchev–Trinajstić information content (AvgIpc) is 2.24. The number of ether oxygens (including phenoxy) is 1. The number of halogens is 1. The summed E-state index contributed by atoms with van der Waals surface area (Å²) in [6.07, 6.45) is 1.88. The van der Waals surface area contributed by atoms with Crippen molar-refractivity contribution in [3.63, 3.8) is 0 Å². The molecular formula is C11H14BrNO3. The first-order valence-corrected chi connectivity index (χ1v) is 6.21. The molecule has 0 spiro atoms. The van der Waals surface area contributed by atoms with Crippen LogP contribution in [0, 0.1) is 17.0 Å². The van der Waals surface area contributed by atoms with Crippen LogP contribution in [0.4, 0.5) is 5.69 Å². The van der Waals surface area contributed by atoms with Crippen molar-refractivity contribution in [2.75, 3.05) is 11.9 Å². The molecule has 4 nitrogen and oxygen atoms in total. The molecule has 0 unspecified atom stereocenters. The van der Waals surface area contributed by atoms with Crippen LogP contribution < -0.4 is 4.74 Å². The summed E-state index contributed by atoms with van der Waals surface area (Å²) in [5.74, 6) is 0.361. The SMILES string of the molecule is Cc1ccc([N+](=O)[O-])c(OCCCCBr)c1. The first kappa shape index (κ1) is 13.0. The van der Waals surface area contributed by atoms with Crippen LogP contribution in [0.1, 0.15) is 18.4 Å². The van der Waals surface area contributed by atoms with Crippen molar-refractivity contribution in [1.29, 1.82) is 0 Å². The second-order valence-electron chi connectivity index (χ2n) is 3.47. The van der Waals surface area contributed by atoms with Gasteiger partial charge in [0, 0.05) is 11.4 Å². The maximum atomic E-state index is 10.7. The van der Waals surface area contributed by atoms with Gasteiger partial charge in [0.05, 0.1) is 11.5 Å². The number of unbranched alkanes of at least 4 members (excludes halogenated alkanes) is 1. The van der Waals surface area contributed by atoms with Crippen molar-refractivity contribution in [2.45, 2.75) is 19.8 Å². The van der Waals surface area contributed by atoms with E-state index in [4.69, 9.17) is 4.74 Å². The normalized spacial score (nSPS) is 10.1. The van der Waals surface area contributed by atoms with Gasteiger partial charge in [-0.15, -0.1) is 0 Å². The molecule has 0 aliphatic rings. The minimum atomic E-state index is -0.417. The Morgan fingerprint density at radius 2 is 2.19 bits per heavy atom. The van der Waals surface area contributed by atoms with Crippen LogP contribution in [-0.4, -0.2) is 16.9 Å². The second kappa shape index (κ2) is 6.48. The standard InChI is InChI=1S/C11H14BrNO3/c1-9-4-5-10(13(14)15)11(8-9)16-7-3-2-6-12/h4-5,8H,2-3,6-7H2,1H3. The van der Waals surface area contributed by atoms with Gasteiger partial charge in [-0.05, 0) is 31.4 Å². The molecule has 0 aromatic heterocycles. The molecule has 0 aliphatic carbocycles. The fraction of sp³-hybridized carbons (Fsp3) is 0.455. The number of alkyl halides is 1. The van der Waals surface area contributed by atoms with Gasteiger partial charge in [0.1, 0.15) is 0 Å². The molecule has 1 aromatic rings. The smallest absolute Gasteiger partial charge is 0.310 e. The van der Waals surface area contributed by atoms with E-state index in [2.05, 4.69) is 15.9 Å². The highest BCUT2D eigenvalue weighted by Crippen LogP contribution is 2.27. The van der Waals surface area contributed by atoms with E-state index in [9.17, 15) is 10.1 Å². The number of rotatable bonds is 6. The third-order valence-corrected chi connectivity index (χ3v) is 2.66. The molecule has 1 aromatic carbocycles. The van der Waals surface area contributed by atoms with E-state index < -0.39 is 4.92 Å². The van der Waals surface area contributed by atoms with Gasteiger partial charge >= 0.3 is 5.69 Å². The maximum absolute atomic E-state index is 10.7. The van der Waals surface area contributed by atoms with E-state index in [0.717, 1.165) is 23.7 Å². The second-order valence-corrected chi connectivity index (χ2v) is 4.27. The van der Waals surface area contributed by atoms with Crippen molar-refractivity contribution < 1.29 is 9.66 Å². The molecule has 88 valence electrons. The van der Waals surface area contributed by atoms with Crippen LogP contribution in [0.25, 0.3) is 0 Å². The van der Waals surface area contributed by atoms with Crippen LogP contribution in [0.2, 0.25) is 0 Å². The van der Waals surface area contributed by atoms with Crippen molar-refractivity contribution in [3.8, 4) is 5.75 Å². The Labute approximate surface area is 103 Å². The molecule has 0 amide bonds. The zero-order valence-electron chi connectivity index (χ0n) is 9.11. The molecule has 1 rings (SSSR count). The zero-order chi connectivity index (χ0) is 12.0. The monoisotopic (exact) mass is 287 g/mol. The number of benzene rings is 1. The predicted molar refractivity (Wildman–Crippen MR) is 66.4 cm³/mol. The molecule has 0 fully saturated rings. The molecule has 0 atom stereocenters. The van der Waals surface area contributed by atoms with Crippen LogP contribution in [0.5, 0.6) is 5.75 Å².